The van der Waals surface area contributed by atoms with E-state index in [0.29, 0.717) is 12.0 Å². The van der Waals surface area contributed by atoms with Crippen molar-refractivity contribution in [3.05, 3.63) is 69.8 Å². The van der Waals surface area contributed by atoms with E-state index in [1.807, 2.05) is 30.3 Å². The first-order chi connectivity index (χ1) is 10.1. The summed E-state index contributed by atoms with van der Waals surface area (Å²) in [4.78, 5) is 10.4. The molecule has 1 atom stereocenters. The number of aliphatic hydroxyl groups excluding tert-OH is 1. The molecule has 5 nitrogen and oxygen atoms in total. The van der Waals surface area contributed by atoms with Gasteiger partial charge in [-0.05, 0) is 31.0 Å². The molecule has 0 bridgehead atoms. The Morgan fingerprint density at radius 3 is 2.52 bits per heavy atom. The number of anilines is 1. The summed E-state index contributed by atoms with van der Waals surface area (Å²) in [5.74, 6) is 0. The van der Waals surface area contributed by atoms with Gasteiger partial charge in [-0.2, -0.15) is 0 Å². The molecule has 2 aromatic rings. The fourth-order valence-corrected chi connectivity index (χ4v) is 2.29. The lowest BCUT2D eigenvalue weighted by atomic mass is 10.0. The molecule has 2 N–H and O–H groups in total. The van der Waals surface area contributed by atoms with Crippen molar-refractivity contribution in [3.63, 3.8) is 0 Å². The molecule has 0 fully saturated rings. The fraction of sp³-hybridized carbons (Fsp3) is 0.250. The van der Waals surface area contributed by atoms with E-state index in [1.165, 1.54) is 6.07 Å². The third-order valence-electron chi connectivity index (χ3n) is 3.35. The highest BCUT2D eigenvalue weighted by Crippen LogP contribution is 2.26. The zero-order valence-electron chi connectivity index (χ0n) is 11.8. The highest BCUT2D eigenvalue weighted by molar-refractivity contribution is 5.54. The Balaban J connectivity index is 2.21. The van der Waals surface area contributed by atoms with Crippen LogP contribution in [-0.4, -0.2) is 16.6 Å². The van der Waals surface area contributed by atoms with Gasteiger partial charge in [0.2, 0.25) is 0 Å². The normalized spacial score (nSPS) is 11.9. The van der Waals surface area contributed by atoms with Crippen LogP contribution in [0.1, 0.15) is 23.6 Å². The molecule has 0 saturated carbocycles. The van der Waals surface area contributed by atoms with Gasteiger partial charge in [0, 0.05) is 23.9 Å². The van der Waals surface area contributed by atoms with Crippen LogP contribution in [-0.2, 0) is 0 Å². The smallest absolute Gasteiger partial charge is 0.272 e. The molecule has 0 amide bonds. The number of nitro groups is 1. The summed E-state index contributed by atoms with van der Waals surface area (Å²) in [6.45, 7) is 1.78. The van der Waals surface area contributed by atoms with E-state index in [9.17, 15) is 15.2 Å². The van der Waals surface area contributed by atoms with E-state index in [2.05, 4.69) is 5.32 Å². The maximum atomic E-state index is 10.8. The van der Waals surface area contributed by atoms with E-state index >= 15 is 0 Å². The van der Waals surface area contributed by atoms with Crippen LogP contribution in [0.2, 0.25) is 0 Å². The van der Waals surface area contributed by atoms with Gasteiger partial charge < -0.3 is 10.4 Å². The Kier molecular flexibility index (Phi) is 4.90. The first kappa shape index (κ1) is 15.0. The second kappa shape index (κ2) is 6.85. The molecule has 2 rings (SSSR count). The number of aliphatic hydroxyl groups is 1. The topological polar surface area (TPSA) is 75.4 Å². The Morgan fingerprint density at radius 2 is 1.95 bits per heavy atom. The van der Waals surface area contributed by atoms with Crippen molar-refractivity contribution in [2.75, 3.05) is 11.9 Å². The van der Waals surface area contributed by atoms with E-state index in [-0.39, 0.29) is 23.3 Å². The molecule has 0 heterocycles. The minimum atomic E-state index is -0.387. The molecule has 0 spiro atoms. The van der Waals surface area contributed by atoms with Gasteiger partial charge in [0.05, 0.1) is 11.0 Å². The molecule has 0 aliphatic carbocycles. The number of hydrogen-bond donors (Lipinski definition) is 2. The van der Waals surface area contributed by atoms with Crippen molar-refractivity contribution in [1.82, 2.24) is 0 Å². The van der Waals surface area contributed by atoms with Crippen LogP contribution in [0.15, 0.2) is 48.5 Å². The zero-order chi connectivity index (χ0) is 15.2. The quantitative estimate of drug-likeness (QED) is 0.630. The lowest BCUT2D eigenvalue weighted by Crippen LogP contribution is -2.12. The minimum absolute atomic E-state index is 0.0305. The van der Waals surface area contributed by atoms with Crippen molar-refractivity contribution >= 4 is 11.4 Å². The van der Waals surface area contributed by atoms with Gasteiger partial charge in [0.1, 0.15) is 0 Å². The lowest BCUT2D eigenvalue weighted by molar-refractivity contribution is -0.385. The monoisotopic (exact) mass is 286 g/mol. The van der Waals surface area contributed by atoms with Gasteiger partial charge >= 0.3 is 0 Å². The molecule has 0 unspecified atom stereocenters. The number of hydrogen-bond acceptors (Lipinski definition) is 4. The predicted octanol–water partition coefficient (Wildman–Crippen LogP) is 3.44. The van der Waals surface area contributed by atoms with Gasteiger partial charge in [-0.15, -0.1) is 0 Å². The molecule has 0 aliphatic heterocycles. The van der Waals surface area contributed by atoms with E-state index < -0.39 is 0 Å². The average molecular weight is 286 g/mol. The summed E-state index contributed by atoms with van der Waals surface area (Å²) in [7, 11) is 0. The fourth-order valence-electron chi connectivity index (χ4n) is 2.29. The van der Waals surface area contributed by atoms with E-state index in [0.717, 1.165) is 11.3 Å². The Bertz CT molecular complexity index is 614. The molecule has 0 radical (unpaired) electrons. The summed E-state index contributed by atoms with van der Waals surface area (Å²) in [5, 5.41) is 23.4. The standard InChI is InChI=1S/C16H18N2O3/c1-12-11-14(7-8-16(12)18(20)21)17-15(9-10-19)13-5-3-2-4-6-13/h2-8,11,15,17,19H,9-10H2,1H3/t15-/m0/s1. The maximum Gasteiger partial charge on any atom is 0.272 e. The summed E-state index contributed by atoms with van der Waals surface area (Å²) in [5.41, 5.74) is 2.60. The molecule has 0 aliphatic rings. The SMILES string of the molecule is Cc1cc(N[C@@H](CCO)c2ccccc2)ccc1[N+](=O)[O-]. The number of benzene rings is 2. The Labute approximate surface area is 123 Å². The predicted molar refractivity (Wildman–Crippen MR) is 82.3 cm³/mol. The average Bonchev–Trinajstić information content (AvgIpc) is 2.47. The third-order valence-corrected chi connectivity index (χ3v) is 3.35. The molecule has 5 heteroatoms. The van der Waals surface area contributed by atoms with Crippen LogP contribution in [0.25, 0.3) is 0 Å². The number of nitrogens with one attached hydrogen (secondary N) is 1. The molecular formula is C16H18N2O3. The second-order valence-corrected chi connectivity index (χ2v) is 4.88. The first-order valence-corrected chi connectivity index (χ1v) is 6.79. The van der Waals surface area contributed by atoms with Crippen molar-refractivity contribution in [2.24, 2.45) is 0 Å². The van der Waals surface area contributed by atoms with Crippen molar-refractivity contribution in [2.45, 2.75) is 19.4 Å². The second-order valence-electron chi connectivity index (χ2n) is 4.88. The van der Waals surface area contributed by atoms with E-state index in [4.69, 9.17) is 0 Å². The van der Waals surface area contributed by atoms with Crippen LogP contribution in [0.4, 0.5) is 11.4 Å². The van der Waals surface area contributed by atoms with E-state index in [1.54, 1.807) is 19.1 Å². The van der Waals surface area contributed by atoms with Crippen LogP contribution in [0.5, 0.6) is 0 Å². The van der Waals surface area contributed by atoms with Crippen molar-refractivity contribution in [1.29, 1.82) is 0 Å². The summed E-state index contributed by atoms with van der Waals surface area (Å²) in [6, 6.07) is 14.7. The maximum absolute atomic E-state index is 10.8. The number of nitrogens with zero attached hydrogens (tertiary/aromatic N) is 1. The summed E-state index contributed by atoms with van der Waals surface area (Å²) < 4.78 is 0. The minimum Gasteiger partial charge on any atom is -0.396 e. The van der Waals surface area contributed by atoms with Gasteiger partial charge in [-0.3, -0.25) is 10.1 Å². The van der Waals surface area contributed by atoms with Crippen molar-refractivity contribution < 1.29 is 10.0 Å². The molecule has 21 heavy (non-hydrogen) atoms. The third kappa shape index (κ3) is 3.79. The Morgan fingerprint density at radius 1 is 1.24 bits per heavy atom. The number of rotatable bonds is 6. The van der Waals surface area contributed by atoms with Crippen LogP contribution < -0.4 is 5.32 Å². The lowest BCUT2D eigenvalue weighted by Gasteiger charge is -2.20. The number of nitro benzene ring substituents is 1. The zero-order valence-corrected chi connectivity index (χ0v) is 11.8. The summed E-state index contributed by atoms with van der Waals surface area (Å²) >= 11 is 0. The van der Waals surface area contributed by atoms with Gasteiger partial charge in [-0.25, -0.2) is 0 Å². The molecule has 110 valence electrons. The highest BCUT2D eigenvalue weighted by atomic mass is 16.6. The molecular weight excluding hydrogens is 268 g/mol. The van der Waals surface area contributed by atoms with Crippen LogP contribution in [0, 0.1) is 17.0 Å². The van der Waals surface area contributed by atoms with Crippen LogP contribution in [0.3, 0.4) is 0 Å². The molecule has 2 aromatic carbocycles. The molecule has 0 saturated heterocycles. The van der Waals surface area contributed by atoms with Gasteiger partial charge in [0.15, 0.2) is 0 Å². The van der Waals surface area contributed by atoms with Gasteiger partial charge in [-0.1, -0.05) is 30.3 Å². The number of aryl methyl sites for hydroxylation is 1. The van der Waals surface area contributed by atoms with Crippen molar-refractivity contribution in [3.8, 4) is 0 Å². The summed E-state index contributed by atoms with van der Waals surface area (Å²) in [6.07, 6.45) is 0.569. The highest BCUT2D eigenvalue weighted by Gasteiger charge is 2.14. The van der Waals surface area contributed by atoms with Crippen LogP contribution >= 0.6 is 0 Å². The largest absolute Gasteiger partial charge is 0.396 e. The van der Waals surface area contributed by atoms with Gasteiger partial charge in [0.25, 0.3) is 5.69 Å². The first-order valence-electron chi connectivity index (χ1n) is 6.79. The molecule has 0 aromatic heterocycles. The Hall–Kier alpha value is -2.40.